The number of nitrogens with one attached hydrogen (secondary N) is 1. The number of carbonyl (C=O) groups is 1. The van der Waals surface area contributed by atoms with Crippen molar-refractivity contribution >= 4 is 27.0 Å². The van der Waals surface area contributed by atoms with E-state index in [2.05, 4.69) is 10.3 Å². The summed E-state index contributed by atoms with van der Waals surface area (Å²) in [7, 11) is -3.45. The summed E-state index contributed by atoms with van der Waals surface area (Å²) < 4.78 is 29.0. The number of sulfonamides is 1. The summed E-state index contributed by atoms with van der Waals surface area (Å²) >= 11 is 0. The van der Waals surface area contributed by atoms with E-state index in [1.807, 2.05) is 4.57 Å². The molecular weight excluding hydrogens is 400 g/mol. The Morgan fingerprint density at radius 2 is 1.73 bits per heavy atom. The van der Waals surface area contributed by atoms with Gasteiger partial charge < -0.3 is 9.88 Å². The second kappa shape index (κ2) is 9.47. The Bertz CT molecular complexity index is 971. The first kappa shape index (κ1) is 21.3. The summed E-state index contributed by atoms with van der Waals surface area (Å²) in [4.78, 5) is 17.1. The van der Waals surface area contributed by atoms with Crippen LogP contribution in [0.15, 0.2) is 29.4 Å². The highest BCUT2D eigenvalue weighted by Crippen LogP contribution is 2.24. The summed E-state index contributed by atoms with van der Waals surface area (Å²) in [6, 6.07) is 5.41. The van der Waals surface area contributed by atoms with E-state index in [0.717, 1.165) is 31.2 Å². The maximum atomic E-state index is 12.8. The molecule has 0 spiro atoms. The quantitative estimate of drug-likeness (QED) is 0.758. The number of imidazole rings is 1. The van der Waals surface area contributed by atoms with Crippen molar-refractivity contribution in [2.24, 2.45) is 0 Å². The Morgan fingerprint density at radius 3 is 2.47 bits per heavy atom. The van der Waals surface area contributed by atoms with Gasteiger partial charge in [0.25, 0.3) is 0 Å². The van der Waals surface area contributed by atoms with E-state index in [9.17, 15) is 13.2 Å². The second-order valence-electron chi connectivity index (χ2n) is 8.56. The lowest BCUT2D eigenvalue weighted by Crippen LogP contribution is -2.35. The van der Waals surface area contributed by atoms with Crippen LogP contribution in [-0.4, -0.2) is 47.3 Å². The van der Waals surface area contributed by atoms with Crippen LogP contribution in [0.1, 0.15) is 64.2 Å². The van der Waals surface area contributed by atoms with Crippen LogP contribution >= 0.6 is 0 Å². The number of hydrogen-bond acceptors (Lipinski definition) is 4. The Kier molecular flexibility index (Phi) is 6.73. The first-order chi connectivity index (χ1) is 14.5. The fourth-order valence-electron chi connectivity index (χ4n) is 4.58. The fourth-order valence-corrected chi connectivity index (χ4v) is 6.12. The molecule has 0 radical (unpaired) electrons. The van der Waals surface area contributed by atoms with Gasteiger partial charge in [0.05, 0.1) is 22.3 Å². The SMILES string of the molecule is O=C(CCn1cnc2cc(S(=O)(=O)N3CCCC3)ccc21)NC1CCCCCCC1. The lowest BCUT2D eigenvalue weighted by atomic mass is 9.96. The number of nitrogens with zero attached hydrogens (tertiary/aromatic N) is 3. The molecule has 1 aliphatic carbocycles. The molecular formula is C22H32N4O3S. The number of aromatic nitrogens is 2. The number of aryl methyl sites for hydroxylation is 1. The van der Waals surface area contributed by atoms with Gasteiger partial charge in [-0.25, -0.2) is 13.4 Å². The molecule has 2 aliphatic rings. The van der Waals surface area contributed by atoms with Gasteiger partial charge in [-0.05, 0) is 43.9 Å². The predicted octanol–water partition coefficient (Wildman–Crippen LogP) is 3.44. The standard InChI is InChI=1S/C22H32N4O3S/c27-22(24-18-8-4-2-1-3-5-9-18)12-15-25-17-23-20-16-19(10-11-21(20)25)30(28,29)26-13-6-7-14-26/h10-11,16-18H,1-9,12-15H2,(H,24,27). The Hall–Kier alpha value is -1.93. The minimum Gasteiger partial charge on any atom is -0.353 e. The van der Waals surface area contributed by atoms with E-state index in [1.165, 1.54) is 32.1 Å². The molecule has 1 saturated carbocycles. The van der Waals surface area contributed by atoms with Crippen molar-refractivity contribution in [1.29, 1.82) is 0 Å². The second-order valence-corrected chi connectivity index (χ2v) is 10.5. The Morgan fingerprint density at radius 1 is 1.03 bits per heavy atom. The highest BCUT2D eigenvalue weighted by atomic mass is 32.2. The fraction of sp³-hybridized carbons (Fsp3) is 0.636. The van der Waals surface area contributed by atoms with Crippen molar-refractivity contribution in [2.45, 2.75) is 81.7 Å². The predicted molar refractivity (Wildman–Crippen MR) is 117 cm³/mol. The Balaban J connectivity index is 1.38. The molecule has 30 heavy (non-hydrogen) atoms. The summed E-state index contributed by atoms with van der Waals surface area (Å²) in [5.41, 5.74) is 1.50. The van der Waals surface area contributed by atoms with Crippen LogP contribution in [0.25, 0.3) is 11.0 Å². The van der Waals surface area contributed by atoms with Crippen LogP contribution in [0.5, 0.6) is 0 Å². The molecule has 7 nitrogen and oxygen atoms in total. The third-order valence-electron chi connectivity index (χ3n) is 6.35. The van der Waals surface area contributed by atoms with E-state index < -0.39 is 10.0 Å². The van der Waals surface area contributed by atoms with E-state index in [4.69, 9.17) is 0 Å². The van der Waals surface area contributed by atoms with Gasteiger partial charge >= 0.3 is 0 Å². The van der Waals surface area contributed by atoms with E-state index in [-0.39, 0.29) is 5.91 Å². The van der Waals surface area contributed by atoms with Crippen molar-refractivity contribution < 1.29 is 13.2 Å². The van der Waals surface area contributed by atoms with Crippen molar-refractivity contribution in [2.75, 3.05) is 13.1 Å². The topological polar surface area (TPSA) is 84.3 Å². The van der Waals surface area contributed by atoms with Gasteiger partial charge in [-0.15, -0.1) is 0 Å². The third-order valence-corrected chi connectivity index (χ3v) is 8.24. The molecule has 1 aliphatic heterocycles. The third kappa shape index (κ3) is 4.86. The normalized spacial score (nSPS) is 19.6. The number of hydrogen-bond donors (Lipinski definition) is 1. The van der Waals surface area contributed by atoms with Crippen LogP contribution < -0.4 is 5.32 Å². The van der Waals surface area contributed by atoms with Crippen molar-refractivity contribution in [3.63, 3.8) is 0 Å². The molecule has 8 heteroatoms. The number of rotatable bonds is 6. The molecule has 1 aromatic carbocycles. The average Bonchev–Trinajstić information content (AvgIpc) is 3.38. The summed E-state index contributed by atoms with van der Waals surface area (Å²) in [5, 5.41) is 3.20. The average molecular weight is 433 g/mol. The molecule has 2 heterocycles. The number of amides is 1. The zero-order valence-electron chi connectivity index (χ0n) is 17.6. The van der Waals surface area contributed by atoms with Gasteiger partial charge in [0.2, 0.25) is 15.9 Å². The van der Waals surface area contributed by atoms with E-state index in [1.54, 1.807) is 28.8 Å². The van der Waals surface area contributed by atoms with Gasteiger partial charge in [0.15, 0.2) is 0 Å². The molecule has 0 bridgehead atoms. The highest BCUT2D eigenvalue weighted by Gasteiger charge is 2.27. The molecule has 1 aromatic heterocycles. The summed E-state index contributed by atoms with van der Waals surface area (Å²) in [5.74, 6) is 0.0793. The van der Waals surface area contributed by atoms with Gasteiger partial charge in [-0.2, -0.15) is 4.31 Å². The molecule has 2 fully saturated rings. The van der Waals surface area contributed by atoms with E-state index in [0.29, 0.717) is 42.5 Å². The van der Waals surface area contributed by atoms with Gasteiger partial charge in [0, 0.05) is 32.1 Å². The molecule has 1 amide bonds. The number of fused-ring (bicyclic) bond motifs is 1. The molecule has 1 N–H and O–H groups in total. The van der Waals surface area contributed by atoms with Gasteiger partial charge in [0.1, 0.15) is 0 Å². The summed E-state index contributed by atoms with van der Waals surface area (Å²) in [6.07, 6.45) is 12.3. The van der Waals surface area contributed by atoms with Crippen LogP contribution in [0.3, 0.4) is 0 Å². The smallest absolute Gasteiger partial charge is 0.243 e. The zero-order chi connectivity index (χ0) is 21.0. The maximum Gasteiger partial charge on any atom is 0.243 e. The van der Waals surface area contributed by atoms with Crippen LogP contribution in [0.4, 0.5) is 0 Å². The lowest BCUT2D eigenvalue weighted by Gasteiger charge is -2.21. The molecule has 4 rings (SSSR count). The van der Waals surface area contributed by atoms with Crippen LogP contribution in [0.2, 0.25) is 0 Å². The molecule has 0 atom stereocenters. The molecule has 2 aromatic rings. The number of benzene rings is 1. The van der Waals surface area contributed by atoms with E-state index >= 15 is 0 Å². The van der Waals surface area contributed by atoms with Crippen LogP contribution in [0, 0.1) is 0 Å². The molecule has 0 unspecified atom stereocenters. The summed E-state index contributed by atoms with van der Waals surface area (Å²) in [6.45, 7) is 1.71. The number of carbonyl (C=O) groups excluding carboxylic acids is 1. The van der Waals surface area contributed by atoms with Crippen molar-refractivity contribution in [3.05, 3.63) is 24.5 Å². The first-order valence-electron chi connectivity index (χ1n) is 11.3. The largest absolute Gasteiger partial charge is 0.353 e. The zero-order valence-corrected chi connectivity index (χ0v) is 18.4. The Labute approximate surface area is 178 Å². The molecule has 164 valence electrons. The lowest BCUT2D eigenvalue weighted by molar-refractivity contribution is -0.122. The van der Waals surface area contributed by atoms with Gasteiger partial charge in [-0.3, -0.25) is 4.79 Å². The minimum absolute atomic E-state index is 0.0793. The first-order valence-corrected chi connectivity index (χ1v) is 12.7. The highest BCUT2D eigenvalue weighted by molar-refractivity contribution is 7.89. The van der Waals surface area contributed by atoms with Crippen LogP contribution in [-0.2, 0) is 21.4 Å². The van der Waals surface area contributed by atoms with Gasteiger partial charge in [-0.1, -0.05) is 32.1 Å². The van der Waals surface area contributed by atoms with Crippen molar-refractivity contribution in [1.82, 2.24) is 19.2 Å². The minimum atomic E-state index is -3.45. The van der Waals surface area contributed by atoms with Crippen molar-refractivity contribution in [3.8, 4) is 0 Å². The maximum absolute atomic E-state index is 12.8. The monoisotopic (exact) mass is 432 g/mol. The molecule has 1 saturated heterocycles.